The van der Waals surface area contributed by atoms with Crippen LogP contribution in [0.2, 0.25) is 0 Å². The summed E-state index contributed by atoms with van der Waals surface area (Å²) in [6, 6.07) is 14.1. The first-order valence-electron chi connectivity index (χ1n) is 10.3. The second kappa shape index (κ2) is 8.16. The van der Waals surface area contributed by atoms with Crippen LogP contribution in [-0.2, 0) is 10.0 Å². The number of H-pyrrole nitrogens is 1. The molecule has 2 heterocycles. The van der Waals surface area contributed by atoms with Gasteiger partial charge in [0.1, 0.15) is 0 Å². The van der Waals surface area contributed by atoms with E-state index in [1.165, 1.54) is 13.1 Å². The van der Waals surface area contributed by atoms with Gasteiger partial charge >= 0.3 is 0 Å². The van der Waals surface area contributed by atoms with Crippen molar-refractivity contribution in [1.29, 1.82) is 0 Å². The summed E-state index contributed by atoms with van der Waals surface area (Å²) in [7, 11) is -2.20. The third-order valence-corrected chi connectivity index (χ3v) is 7.91. The molecule has 0 aliphatic heterocycles. The van der Waals surface area contributed by atoms with Gasteiger partial charge in [0, 0.05) is 16.5 Å². The second-order valence-electron chi connectivity index (χ2n) is 7.91. The molecule has 1 saturated carbocycles. The van der Waals surface area contributed by atoms with E-state index in [2.05, 4.69) is 31.7 Å². The lowest BCUT2D eigenvalue weighted by Gasteiger charge is -2.17. The molecule has 2 aromatic carbocycles. The summed E-state index contributed by atoms with van der Waals surface area (Å²) in [6.07, 6.45) is 2.25. The van der Waals surface area contributed by atoms with Gasteiger partial charge in [0.05, 0.1) is 22.1 Å². The van der Waals surface area contributed by atoms with Crippen LogP contribution in [-0.4, -0.2) is 31.6 Å². The Bertz CT molecular complexity index is 1390. The molecule has 0 saturated heterocycles. The number of sulfonamides is 1. The largest absolute Gasteiger partial charge is 0.345 e. The van der Waals surface area contributed by atoms with E-state index in [9.17, 15) is 13.2 Å². The van der Waals surface area contributed by atoms with Crippen molar-refractivity contribution in [1.82, 2.24) is 20.2 Å². The predicted octanol–water partition coefficient (Wildman–Crippen LogP) is 4.08. The Labute approximate surface area is 189 Å². The fourth-order valence-corrected chi connectivity index (χ4v) is 5.36. The highest BCUT2D eigenvalue weighted by atomic mass is 32.2. The minimum atomic E-state index is -3.58. The molecule has 7 nitrogen and oxygen atoms in total. The first-order valence-corrected chi connectivity index (χ1v) is 12.7. The smallest absolute Gasteiger partial charge is 0.251 e. The summed E-state index contributed by atoms with van der Waals surface area (Å²) in [5.41, 5.74) is 3.71. The fraction of sp³-hybridized carbons (Fsp3) is 0.217. The molecule has 32 heavy (non-hydrogen) atoms. The Morgan fingerprint density at radius 1 is 1.19 bits per heavy atom. The number of hydrogen-bond acceptors (Lipinski definition) is 5. The number of nitrogens with zero attached hydrogens (tertiary/aromatic N) is 1. The van der Waals surface area contributed by atoms with Gasteiger partial charge in [-0.15, -0.1) is 0 Å². The van der Waals surface area contributed by atoms with Gasteiger partial charge in [-0.25, -0.2) is 13.1 Å². The van der Waals surface area contributed by atoms with Crippen molar-refractivity contribution < 1.29 is 13.2 Å². The van der Waals surface area contributed by atoms with Gasteiger partial charge in [0.2, 0.25) is 10.0 Å². The van der Waals surface area contributed by atoms with Crippen molar-refractivity contribution in [2.45, 2.75) is 23.8 Å². The summed E-state index contributed by atoms with van der Waals surface area (Å²) in [5, 5.41) is 15.4. The van der Waals surface area contributed by atoms with Crippen LogP contribution in [0.3, 0.4) is 0 Å². The summed E-state index contributed by atoms with van der Waals surface area (Å²) in [5.74, 6) is 0.354. The average molecular weight is 467 g/mol. The molecule has 5 rings (SSSR count). The molecule has 1 fully saturated rings. The number of carbonyl (C=O) groups is 1. The second-order valence-corrected chi connectivity index (χ2v) is 10.6. The van der Waals surface area contributed by atoms with Gasteiger partial charge < -0.3 is 5.32 Å². The van der Waals surface area contributed by atoms with Crippen molar-refractivity contribution in [3.63, 3.8) is 0 Å². The number of amides is 1. The van der Waals surface area contributed by atoms with E-state index in [0.29, 0.717) is 22.7 Å². The van der Waals surface area contributed by atoms with E-state index in [0.717, 1.165) is 29.3 Å². The van der Waals surface area contributed by atoms with Crippen LogP contribution >= 0.6 is 11.3 Å². The Morgan fingerprint density at radius 2 is 2.03 bits per heavy atom. The van der Waals surface area contributed by atoms with Crippen molar-refractivity contribution in [2.75, 3.05) is 7.05 Å². The standard InChI is InChI=1S/C23H22N4O3S2/c1-24-32(29,30)18-4-2-3-15(11-18)22-19-12-16(7-8-20(19)26-27-22)23(28)25-21(14-5-6-14)17-9-10-31-13-17/h2-4,7-14,21,24H,5-6H2,1H3,(H,25,28)(H,26,27). The Kier molecular flexibility index (Phi) is 5.32. The van der Waals surface area contributed by atoms with Crippen LogP contribution in [0.25, 0.3) is 22.2 Å². The number of hydrogen-bond donors (Lipinski definition) is 3. The SMILES string of the molecule is CNS(=O)(=O)c1cccc(-c2n[nH]c3ccc(C(=O)NC(c4ccsc4)C4CC4)cc23)c1. The molecule has 0 radical (unpaired) electrons. The lowest BCUT2D eigenvalue weighted by Crippen LogP contribution is -2.29. The normalized spacial score (nSPS) is 15.0. The van der Waals surface area contributed by atoms with E-state index in [1.807, 2.05) is 11.4 Å². The zero-order chi connectivity index (χ0) is 22.3. The molecule has 0 bridgehead atoms. The highest BCUT2D eigenvalue weighted by molar-refractivity contribution is 7.89. The van der Waals surface area contributed by atoms with E-state index in [1.54, 1.807) is 41.7 Å². The van der Waals surface area contributed by atoms with Crippen LogP contribution in [0.1, 0.15) is 34.8 Å². The fourth-order valence-electron chi connectivity index (χ4n) is 3.88. The Hall–Kier alpha value is -3.01. The molecule has 1 aliphatic rings. The molecule has 0 spiro atoms. The summed E-state index contributed by atoms with van der Waals surface area (Å²) in [6.45, 7) is 0. The number of thiophene rings is 1. The molecule has 1 aliphatic carbocycles. The first-order chi connectivity index (χ1) is 15.5. The third kappa shape index (κ3) is 3.94. The van der Waals surface area contributed by atoms with E-state index >= 15 is 0 Å². The minimum Gasteiger partial charge on any atom is -0.345 e. The third-order valence-electron chi connectivity index (χ3n) is 5.79. The average Bonchev–Trinajstić information content (AvgIpc) is 3.33. The summed E-state index contributed by atoms with van der Waals surface area (Å²) >= 11 is 1.63. The molecule has 3 N–H and O–H groups in total. The van der Waals surface area contributed by atoms with Crippen LogP contribution < -0.4 is 10.0 Å². The quantitative estimate of drug-likeness (QED) is 0.382. The molecule has 164 valence electrons. The maximum atomic E-state index is 13.1. The van der Waals surface area contributed by atoms with Crippen molar-refractivity contribution in [2.24, 2.45) is 5.92 Å². The van der Waals surface area contributed by atoms with Gasteiger partial charge in [-0.05, 0) is 78.5 Å². The molecule has 1 amide bonds. The van der Waals surface area contributed by atoms with E-state index < -0.39 is 10.0 Å². The summed E-state index contributed by atoms with van der Waals surface area (Å²) < 4.78 is 26.7. The van der Waals surface area contributed by atoms with Gasteiger partial charge in [0.25, 0.3) is 5.91 Å². The van der Waals surface area contributed by atoms with Crippen molar-refractivity contribution >= 4 is 38.2 Å². The molecule has 9 heteroatoms. The highest BCUT2D eigenvalue weighted by Crippen LogP contribution is 2.41. The van der Waals surface area contributed by atoms with Crippen LogP contribution in [0.5, 0.6) is 0 Å². The predicted molar refractivity (Wildman–Crippen MR) is 125 cm³/mol. The number of aromatic nitrogens is 2. The number of aromatic amines is 1. The van der Waals surface area contributed by atoms with Crippen molar-refractivity contribution in [3.8, 4) is 11.3 Å². The monoisotopic (exact) mass is 466 g/mol. The van der Waals surface area contributed by atoms with Crippen molar-refractivity contribution in [3.05, 3.63) is 70.4 Å². The molecule has 2 aromatic heterocycles. The zero-order valence-corrected chi connectivity index (χ0v) is 19.0. The minimum absolute atomic E-state index is 0.0247. The van der Waals surface area contributed by atoms with Gasteiger partial charge in [-0.2, -0.15) is 16.4 Å². The molecule has 1 unspecified atom stereocenters. The van der Waals surface area contributed by atoms with E-state index in [-0.39, 0.29) is 16.8 Å². The van der Waals surface area contributed by atoms with Gasteiger partial charge in [0.15, 0.2) is 0 Å². The van der Waals surface area contributed by atoms with E-state index in [4.69, 9.17) is 0 Å². The molecular formula is C23H22N4O3S2. The Morgan fingerprint density at radius 3 is 2.75 bits per heavy atom. The molecule has 1 atom stereocenters. The topological polar surface area (TPSA) is 104 Å². The number of rotatable bonds is 7. The van der Waals surface area contributed by atoms with Gasteiger partial charge in [-0.3, -0.25) is 9.89 Å². The van der Waals surface area contributed by atoms with Crippen LogP contribution in [0, 0.1) is 5.92 Å². The number of benzene rings is 2. The Balaban J connectivity index is 1.48. The zero-order valence-electron chi connectivity index (χ0n) is 17.3. The number of carbonyl (C=O) groups excluding carboxylic acids is 1. The lowest BCUT2D eigenvalue weighted by atomic mass is 10.0. The number of nitrogens with one attached hydrogen (secondary N) is 3. The maximum absolute atomic E-state index is 13.1. The van der Waals surface area contributed by atoms with Gasteiger partial charge in [-0.1, -0.05) is 12.1 Å². The first kappa shape index (κ1) is 20.9. The maximum Gasteiger partial charge on any atom is 0.251 e. The van der Waals surface area contributed by atoms with Crippen LogP contribution in [0.15, 0.2) is 64.2 Å². The molecular weight excluding hydrogens is 444 g/mol. The number of fused-ring (bicyclic) bond motifs is 1. The van der Waals surface area contributed by atoms with Crippen LogP contribution in [0.4, 0.5) is 0 Å². The summed E-state index contributed by atoms with van der Waals surface area (Å²) in [4.78, 5) is 13.3. The highest BCUT2D eigenvalue weighted by Gasteiger charge is 2.33. The lowest BCUT2D eigenvalue weighted by molar-refractivity contribution is 0.0932. The molecule has 4 aromatic rings.